The zero-order valence-corrected chi connectivity index (χ0v) is 18.5. The summed E-state index contributed by atoms with van der Waals surface area (Å²) in [5, 5.41) is 6.04. The average Bonchev–Trinajstić information content (AvgIpc) is 2.81. The quantitative estimate of drug-likeness (QED) is 0.246. The van der Waals surface area contributed by atoms with Crippen LogP contribution in [0.1, 0.15) is 0 Å². The number of halogens is 1. The van der Waals surface area contributed by atoms with Crippen LogP contribution in [0.2, 0.25) is 0 Å². The monoisotopic (exact) mass is 497 g/mol. The van der Waals surface area contributed by atoms with Crippen LogP contribution in [0.15, 0.2) is 115 Å². The number of benzene rings is 5. The second-order valence-electron chi connectivity index (χ2n) is 7.25. The SMILES string of the molecule is Ic1ccc(-c2ccccc2-c2ccc(Nc3ccccc3)c3ccccc23)cc1. The number of nitrogens with one attached hydrogen (secondary N) is 1. The van der Waals surface area contributed by atoms with Crippen molar-refractivity contribution in [3.05, 3.63) is 119 Å². The minimum absolute atomic E-state index is 1.09. The van der Waals surface area contributed by atoms with E-state index in [2.05, 4.69) is 137 Å². The third kappa shape index (κ3) is 3.71. The van der Waals surface area contributed by atoms with Crippen molar-refractivity contribution >= 4 is 44.7 Å². The van der Waals surface area contributed by atoms with Gasteiger partial charge in [-0.15, -0.1) is 0 Å². The Morgan fingerprint density at radius 2 is 1.10 bits per heavy atom. The van der Waals surface area contributed by atoms with E-state index < -0.39 is 0 Å². The summed E-state index contributed by atoms with van der Waals surface area (Å²) in [6.07, 6.45) is 0. The van der Waals surface area contributed by atoms with E-state index in [0.717, 1.165) is 11.4 Å². The Bertz CT molecular complexity index is 1310. The Balaban J connectivity index is 1.67. The highest BCUT2D eigenvalue weighted by molar-refractivity contribution is 14.1. The summed E-state index contributed by atoms with van der Waals surface area (Å²) in [4.78, 5) is 0. The molecule has 30 heavy (non-hydrogen) atoms. The summed E-state index contributed by atoms with van der Waals surface area (Å²) in [5.74, 6) is 0. The molecule has 0 unspecified atom stereocenters. The van der Waals surface area contributed by atoms with Crippen LogP contribution >= 0.6 is 22.6 Å². The number of hydrogen-bond acceptors (Lipinski definition) is 1. The average molecular weight is 497 g/mol. The van der Waals surface area contributed by atoms with Crippen molar-refractivity contribution in [3.8, 4) is 22.3 Å². The maximum atomic E-state index is 3.58. The van der Waals surface area contributed by atoms with Gasteiger partial charge in [-0.3, -0.25) is 0 Å². The first-order chi connectivity index (χ1) is 14.8. The molecule has 0 fully saturated rings. The summed E-state index contributed by atoms with van der Waals surface area (Å²) >= 11 is 2.35. The Kier molecular flexibility index (Phi) is 5.24. The van der Waals surface area contributed by atoms with Gasteiger partial charge in [0.2, 0.25) is 0 Å². The molecule has 0 aliphatic carbocycles. The largest absolute Gasteiger partial charge is 0.355 e. The molecular weight excluding hydrogens is 477 g/mol. The number of para-hydroxylation sites is 1. The van der Waals surface area contributed by atoms with Gasteiger partial charge in [0, 0.05) is 20.3 Å². The van der Waals surface area contributed by atoms with Crippen LogP contribution < -0.4 is 5.32 Å². The van der Waals surface area contributed by atoms with Crippen molar-refractivity contribution in [2.24, 2.45) is 0 Å². The second-order valence-corrected chi connectivity index (χ2v) is 8.50. The van der Waals surface area contributed by atoms with E-state index in [-0.39, 0.29) is 0 Å². The molecular formula is C28H20IN. The minimum atomic E-state index is 1.09. The van der Waals surface area contributed by atoms with Crippen LogP contribution in [-0.2, 0) is 0 Å². The van der Waals surface area contributed by atoms with Gasteiger partial charge >= 0.3 is 0 Å². The van der Waals surface area contributed by atoms with E-state index in [9.17, 15) is 0 Å². The highest BCUT2D eigenvalue weighted by Crippen LogP contribution is 2.39. The fourth-order valence-corrected chi connectivity index (χ4v) is 4.28. The minimum Gasteiger partial charge on any atom is -0.355 e. The molecule has 5 rings (SSSR count). The first-order valence-corrected chi connectivity index (χ1v) is 11.1. The first-order valence-electron chi connectivity index (χ1n) is 9.99. The lowest BCUT2D eigenvalue weighted by Gasteiger charge is -2.16. The molecule has 5 aromatic rings. The Morgan fingerprint density at radius 1 is 0.467 bits per heavy atom. The van der Waals surface area contributed by atoms with Crippen LogP contribution in [0.4, 0.5) is 11.4 Å². The molecule has 1 nitrogen and oxygen atoms in total. The standard InChI is InChI=1S/C28H20IN/c29-21-16-14-20(15-17-21)23-10-4-5-11-24(23)26-18-19-28(27-13-7-6-12-25(26)27)30-22-8-2-1-3-9-22/h1-19,30H. The fraction of sp³-hybridized carbons (Fsp3) is 0. The molecule has 0 aromatic heterocycles. The first kappa shape index (κ1) is 18.9. The molecule has 0 spiro atoms. The summed E-state index contributed by atoms with van der Waals surface area (Å²) in [6.45, 7) is 0. The normalized spacial score (nSPS) is 10.8. The molecule has 0 atom stereocenters. The van der Waals surface area contributed by atoms with Gasteiger partial charge in [-0.1, -0.05) is 84.9 Å². The van der Waals surface area contributed by atoms with Gasteiger partial charge in [0.15, 0.2) is 0 Å². The van der Waals surface area contributed by atoms with E-state index in [1.165, 1.54) is 36.6 Å². The van der Waals surface area contributed by atoms with Crippen molar-refractivity contribution < 1.29 is 0 Å². The smallest absolute Gasteiger partial charge is 0.0464 e. The molecule has 144 valence electrons. The highest BCUT2D eigenvalue weighted by atomic mass is 127. The lowest BCUT2D eigenvalue weighted by molar-refractivity contribution is 1.56. The topological polar surface area (TPSA) is 12.0 Å². The summed E-state index contributed by atoms with van der Waals surface area (Å²) in [5.41, 5.74) is 7.20. The second kappa shape index (κ2) is 8.33. The van der Waals surface area contributed by atoms with E-state index in [4.69, 9.17) is 0 Å². The molecule has 0 aliphatic rings. The van der Waals surface area contributed by atoms with Crippen LogP contribution in [0, 0.1) is 3.57 Å². The summed E-state index contributed by atoms with van der Waals surface area (Å²) in [6, 6.07) is 40.8. The van der Waals surface area contributed by atoms with Crippen molar-refractivity contribution in [2.75, 3.05) is 5.32 Å². The summed E-state index contributed by atoms with van der Waals surface area (Å²) in [7, 11) is 0. The van der Waals surface area contributed by atoms with Crippen LogP contribution in [-0.4, -0.2) is 0 Å². The molecule has 0 radical (unpaired) electrons. The Labute approximate surface area is 190 Å². The lowest BCUT2D eigenvalue weighted by atomic mass is 9.91. The number of fused-ring (bicyclic) bond motifs is 1. The number of anilines is 2. The third-order valence-corrected chi connectivity index (χ3v) is 6.07. The van der Waals surface area contributed by atoms with Gasteiger partial charge in [0.1, 0.15) is 0 Å². The predicted octanol–water partition coefficient (Wildman–Crippen LogP) is 8.52. The van der Waals surface area contributed by atoms with Crippen molar-refractivity contribution in [3.63, 3.8) is 0 Å². The fourth-order valence-electron chi connectivity index (χ4n) is 3.92. The van der Waals surface area contributed by atoms with Crippen molar-refractivity contribution in [2.45, 2.75) is 0 Å². The van der Waals surface area contributed by atoms with E-state index in [1.54, 1.807) is 0 Å². The van der Waals surface area contributed by atoms with Gasteiger partial charge < -0.3 is 5.32 Å². The third-order valence-electron chi connectivity index (χ3n) is 5.35. The van der Waals surface area contributed by atoms with Gasteiger partial charge in [-0.2, -0.15) is 0 Å². The molecule has 0 saturated heterocycles. The van der Waals surface area contributed by atoms with Gasteiger partial charge in [-0.25, -0.2) is 0 Å². The van der Waals surface area contributed by atoms with E-state index >= 15 is 0 Å². The maximum Gasteiger partial charge on any atom is 0.0464 e. The van der Waals surface area contributed by atoms with E-state index in [0.29, 0.717) is 0 Å². The maximum absolute atomic E-state index is 3.58. The lowest BCUT2D eigenvalue weighted by Crippen LogP contribution is -1.93. The van der Waals surface area contributed by atoms with Crippen LogP contribution in [0.25, 0.3) is 33.0 Å². The molecule has 0 aliphatic heterocycles. The Morgan fingerprint density at radius 3 is 1.87 bits per heavy atom. The summed E-state index contributed by atoms with van der Waals surface area (Å²) < 4.78 is 1.25. The molecule has 0 heterocycles. The van der Waals surface area contributed by atoms with Gasteiger partial charge in [-0.05, 0) is 80.6 Å². The predicted molar refractivity (Wildman–Crippen MR) is 137 cm³/mol. The molecule has 1 N–H and O–H groups in total. The van der Waals surface area contributed by atoms with E-state index in [1.807, 2.05) is 6.07 Å². The zero-order chi connectivity index (χ0) is 20.3. The molecule has 2 heteroatoms. The number of hydrogen-bond donors (Lipinski definition) is 1. The molecule has 0 saturated carbocycles. The molecule has 5 aromatic carbocycles. The van der Waals surface area contributed by atoms with Gasteiger partial charge in [0.05, 0.1) is 0 Å². The Hall–Kier alpha value is -3.11. The zero-order valence-electron chi connectivity index (χ0n) is 16.3. The van der Waals surface area contributed by atoms with Crippen LogP contribution in [0.5, 0.6) is 0 Å². The molecule has 0 bridgehead atoms. The highest BCUT2D eigenvalue weighted by Gasteiger charge is 2.12. The van der Waals surface area contributed by atoms with Crippen molar-refractivity contribution in [1.29, 1.82) is 0 Å². The van der Waals surface area contributed by atoms with Crippen LogP contribution in [0.3, 0.4) is 0 Å². The van der Waals surface area contributed by atoms with Crippen molar-refractivity contribution in [1.82, 2.24) is 0 Å². The number of rotatable bonds is 4. The molecule has 0 amide bonds. The van der Waals surface area contributed by atoms with Gasteiger partial charge in [0.25, 0.3) is 0 Å².